The van der Waals surface area contributed by atoms with Gasteiger partial charge in [-0.25, -0.2) is 14.4 Å². The van der Waals surface area contributed by atoms with Gasteiger partial charge < -0.3 is 54.3 Å². The summed E-state index contributed by atoms with van der Waals surface area (Å²) in [6.07, 6.45) is -11.8. The van der Waals surface area contributed by atoms with E-state index in [1.54, 1.807) is 0 Å². The molecule has 62 heavy (non-hydrogen) atoms. The number of aliphatic hydroxyl groups is 5. The van der Waals surface area contributed by atoms with Crippen molar-refractivity contribution in [1.82, 2.24) is 0 Å². The van der Waals surface area contributed by atoms with Gasteiger partial charge in [-0.3, -0.25) is 28.8 Å². The Bertz CT molecular complexity index is 1820. The summed E-state index contributed by atoms with van der Waals surface area (Å²) in [5.74, 6) is -19.8. The van der Waals surface area contributed by atoms with Crippen molar-refractivity contribution < 1.29 is 97.5 Å². The van der Waals surface area contributed by atoms with E-state index in [0.717, 1.165) is 50.3 Å². The Morgan fingerprint density at radius 3 is 1.94 bits per heavy atom. The molecule has 20 nitrogen and oxygen atoms in total. The van der Waals surface area contributed by atoms with Crippen LogP contribution in [0.2, 0.25) is 0 Å². The van der Waals surface area contributed by atoms with Crippen LogP contribution in [0.25, 0.3) is 0 Å². The summed E-state index contributed by atoms with van der Waals surface area (Å²) in [6.45, 7) is 7.60. The number of carboxylic acid groups (broad SMARTS) is 1. The summed E-state index contributed by atoms with van der Waals surface area (Å²) in [7, 11) is 0. The van der Waals surface area contributed by atoms with Gasteiger partial charge in [-0.2, -0.15) is 0 Å². The first-order valence-corrected chi connectivity index (χ1v) is 20.2. The van der Waals surface area contributed by atoms with Crippen molar-refractivity contribution in [2.24, 2.45) is 23.2 Å². The Kier molecular flexibility index (Phi) is 18.0. The molecule has 0 saturated heterocycles. The number of Topliss-reactive ketones (excluding diaryl/α,β-unsaturated/α-hetero) is 3. The average molecular weight is 881 g/mol. The molecule has 0 aromatic carbocycles. The fraction of sp³-hybridized carbons (Fsp3) is 0.643. The van der Waals surface area contributed by atoms with Crippen molar-refractivity contribution in [2.45, 2.75) is 147 Å². The lowest BCUT2D eigenvalue weighted by molar-refractivity contribution is -0.188. The monoisotopic (exact) mass is 880 g/mol. The highest BCUT2D eigenvalue weighted by Crippen LogP contribution is 2.58. The fourth-order valence-corrected chi connectivity index (χ4v) is 7.58. The van der Waals surface area contributed by atoms with Gasteiger partial charge in [0.25, 0.3) is 0 Å². The zero-order valence-corrected chi connectivity index (χ0v) is 35.2. The zero-order chi connectivity index (χ0) is 46.9. The average Bonchev–Trinajstić information content (AvgIpc) is 3.40. The predicted octanol–water partition coefficient (Wildman–Crippen LogP) is -0.0935. The van der Waals surface area contributed by atoms with Crippen LogP contribution in [0.3, 0.4) is 0 Å². The Labute approximate surface area is 356 Å². The smallest absolute Gasteiger partial charge is 0.330 e. The molecule has 0 aromatic rings. The topological polar surface area (TPSA) is 321 Å². The summed E-state index contributed by atoms with van der Waals surface area (Å²) in [6, 6.07) is 0. The molecule has 20 heteroatoms. The van der Waals surface area contributed by atoms with Crippen LogP contribution in [0.1, 0.15) is 86.5 Å². The van der Waals surface area contributed by atoms with Crippen LogP contribution in [0.5, 0.6) is 0 Å². The zero-order valence-electron chi connectivity index (χ0n) is 35.2. The van der Waals surface area contributed by atoms with Crippen LogP contribution >= 0.6 is 0 Å². The van der Waals surface area contributed by atoms with E-state index in [4.69, 9.17) is 23.7 Å². The molecule has 3 rings (SSSR count). The number of ether oxygens (including phenoxy) is 5. The van der Waals surface area contributed by atoms with Crippen LogP contribution in [-0.4, -0.2) is 144 Å². The Balaban J connectivity index is 2.29. The summed E-state index contributed by atoms with van der Waals surface area (Å²) in [4.78, 5) is 124. The molecule has 2 aliphatic heterocycles. The third-order valence-electron chi connectivity index (χ3n) is 11.2. The minimum atomic E-state index is -3.47. The van der Waals surface area contributed by atoms with Crippen LogP contribution in [-0.2, 0) is 66.8 Å². The molecule has 0 radical (unpaired) electrons. The SMILES string of the molecule is C[C@H](O)[C@H](O)/C=C/C(=O)O[C@@H](C)CCC(=O)C[C@@H](C(=O)O)[C@@]12C(=O)O[C@@H](C)[C@H](O)/C=C/C(=O)O[C@@H](C)CC[C@@](O)(C1=O)[C@H]1C(=O)CC[C@H](C)OC(=O)/C=C/[C@@H](O)[C@H](C)OC(=O)[C@@H]12. The predicted molar refractivity (Wildman–Crippen MR) is 208 cm³/mol. The molecule has 0 unspecified atom stereocenters. The van der Waals surface area contributed by atoms with E-state index in [1.807, 2.05) is 0 Å². The molecular formula is C42H56O20. The Morgan fingerprint density at radius 1 is 0.839 bits per heavy atom. The van der Waals surface area contributed by atoms with Crippen molar-refractivity contribution in [2.75, 3.05) is 0 Å². The second-order valence-corrected chi connectivity index (χ2v) is 16.1. The van der Waals surface area contributed by atoms with Gasteiger partial charge in [0.15, 0.2) is 11.2 Å². The maximum absolute atomic E-state index is 15.3. The molecule has 6 N–H and O–H groups in total. The normalized spacial score (nSPS) is 34.7. The van der Waals surface area contributed by atoms with Crippen LogP contribution in [0.15, 0.2) is 36.5 Å². The van der Waals surface area contributed by atoms with Gasteiger partial charge in [0.2, 0.25) is 0 Å². The number of carbonyl (C=O) groups excluding carboxylic acids is 8. The van der Waals surface area contributed by atoms with Gasteiger partial charge in [0, 0.05) is 37.5 Å². The Hall–Kier alpha value is -5.15. The van der Waals surface area contributed by atoms with Crippen molar-refractivity contribution in [3.8, 4) is 0 Å². The van der Waals surface area contributed by atoms with E-state index in [-0.39, 0.29) is 12.8 Å². The van der Waals surface area contributed by atoms with Crippen molar-refractivity contribution in [1.29, 1.82) is 0 Å². The van der Waals surface area contributed by atoms with E-state index < -0.39 is 169 Å². The lowest BCUT2D eigenvalue weighted by Crippen LogP contribution is -2.57. The van der Waals surface area contributed by atoms with Crippen molar-refractivity contribution >= 4 is 53.2 Å². The van der Waals surface area contributed by atoms with Crippen LogP contribution < -0.4 is 0 Å². The molecule has 14 atom stereocenters. The molecule has 0 aromatic heterocycles. The van der Waals surface area contributed by atoms with Gasteiger partial charge in [-0.15, -0.1) is 0 Å². The van der Waals surface area contributed by atoms with Gasteiger partial charge in [0.1, 0.15) is 41.6 Å². The number of ketones is 3. The summed E-state index contributed by atoms with van der Waals surface area (Å²) in [5.41, 5.74) is -6.62. The molecule has 0 amide bonds. The summed E-state index contributed by atoms with van der Waals surface area (Å²) in [5, 5.41) is 64.4. The number of carboxylic acids is 1. The second kappa shape index (κ2) is 21.8. The van der Waals surface area contributed by atoms with Crippen molar-refractivity contribution in [3.63, 3.8) is 0 Å². The third-order valence-corrected chi connectivity index (χ3v) is 11.2. The van der Waals surface area contributed by atoms with Crippen molar-refractivity contribution in [3.05, 3.63) is 36.5 Å². The summed E-state index contributed by atoms with van der Waals surface area (Å²) < 4.78 is 26.8. The maximum Gasteiger partial charge on any atom is 0.330 e. The largest absolute Gasteiger partial charge is 0.481 e. The van der Waals surface area contributed by atoms with E-state index in [2.05, 4.69) is 0 Å². The number of fused-ring (bicyclic) bond motifs is 5. The molecule has 1 fully saturated rings. The first-order valence-electron chi connectivity index (χ1n) is 20.2. The highest BCUT2D eigenvalue weighted by Gasteiger charge is 2.78. The van der Waals surface area contributed by atoms with Gasteiger partial charge >= 0.3 is 35.8 Å². The maximum atomic E-state index is 15.3. The van der Waals surface area contributed by atoms with E-state index in [1.165, 1.54) is 27.7 Å². The minimum Gasteiger partial charge on any atom is -0.481 e. The van der Waals surface area contributed by atoms with E-state index >= 15 is 4.79 Å². The lowest BCUT2D eigenvalue weighted by Gasteiger charge is -2.37. The number of aliphatic carboxylic acids is 1. The van der Waals surface area contributed by atoms with E-state index in [0.29, 0.717) is 0 Å². The van der Waals surface area contributed by atoms with E-state index in [9.17, 15) is 69.0 Å². The highest BCUT2D eigenvalue weighted by molar-refractivity contribution is 6.19. The molecule has 2 heterocycles. The van der Waals surface area contributed by atoms with Gasteiger partial charge in [0.05, 0.1) is 48.3 Å². The molecular weight excluding hydrogens is 824 g/mol. The fourth-order valence-electron chi connectivity index (χ4n) is 7.58. The first kappa shape index (κ1) is 51.2. The standard InChI is InChI=1S/C42H56O20/c1-20(58-32(49)14-11-28(45)23(4)43)7-9-26(44)19-27(37(52)53)42-36-35(31(48)10-8-21(2)59-33(50)15-12-29(46)24(5)61-38(36)54)41(57,39(42)55)18-17-22(3)60-34(51)16-13-30(47)25(6)62-40(42)56/h11-16,20-25,27-30,35-36,43,45-47,57H,7-10,17-19H2,1-6H3,(H,52,53)/b14-11+,15-12+,16-13+/t20-,21-,22-,23-,24-,25-,27-,28+,29+,30+,35-,36+,41-,42-/m0/s1. The molecule has 3 aliphatic rings. The Morgan fingerprint density at radius 2 is 1.39 bits per heavy atom. The molecule has 1 aliphatic carbocycles. The minimum absolute atomic E-state index is 0.260. The first-order chi connectivity index (χ1) is 28.9. The molecule has 1 saturated carbocycles. The molecule has 0 spiro atoms. The molecule has 2 bridgehead atoms. The number of rotatable bonds is 11. The van der Waals surface area contributed by atoms with Gasteiger partial charge in [-0.05, 0) is 85.5 Å². The lowest BCUT2D eigenvalue weighted by atomic mass is 9.63. The number of hydrogen-bond donors (Lipinski definition) is 6. The number of carbonyl (C=O) groups is 9. The van der Waals surface area contributed by atoms with Crippen LogP contribution in [0.4, 0.5) is 0 Å². The molecule has 344 valence electrons. The highest BCUT2D eigenvalue weighted by atomic mass is 16.6. The second-order valence-electron chi connectivity index (χ2n) is 16.1. The summed E-state index contributed by atoms with van der Waals surface area (Å²) >= 11 is 0. The third kappa shape index (κ3) is 12.3. The quantitative estimate of drug-likeness (QED) is 0.0683. The van der Waals surface area contributed by atoms with Crippen LogP contribution in [0, 0.1) is 23.2 Å². The number of cyclic esters (lactones) is 4. The number of hydrogen-bond acceptors (Lipinski definition) is 19. The number of aliphatic hydroxyl groups excluding tert-OH is 4. The van der Waals surface area contributed by atoms with Gasteiger partial charge in [-0.1, -0.05) is 0 Å². The number of esters is 5.